The van der Waals surface area contributed by atoms with Crippen molar-refractivity contribution in [3.63, 3.8) is 0 Å². The van der Waals surface area contributed by atoms with Crippen LogP contribution in [0, 0.1) is 0 Å². The van der Waals surface area contributed by atoms with E-state index in [0.717, 1.165) is 0 Å². The molecule has 0 saturated carbocycles. The molecule has 3 N–H and O–H groups in total. The summed E-state index contributed by atoms with van der Waals surface area (Å²) >= 11 is 0. The summed E-state index contributed by atoms with van der Waals surface area (Å²) in [5.74, 6) is -0.939. The summed E-state index contributed by atoms with van der Waals surface area (Å²) in [6.07, 6.45) is -5.82. The van der Waals surface area contributed by atoms with Gasteiger partial charge in [0.2, 0.25) is 5.91 Å². The van der Waals surface area contributed by atoms with E-state index >= 15 is 0 Å². The molecule has 21 heavy (non-hydrogen) atoms. The second-order valence-electron chi connectivity index (χ2n) is 4.20. The number of aliphatic hydroxyl groups is 1. The molecule has 0 bridgehead atoms. The van der Waals surface area contributed by atoms with E-state index in [1.807, 2.05) is 5.32 Å². The van der Waals surface area contributed by atoms with Crippen molar-refractivity contribution in [3.05, 3.63) is 24.2 Å². The van der Waals surface area contributed by atoms with E-state index in [0.29, 0.717) is 0 Å². The Morgan fingerprint density at radius 2 is 2.05 bits per heavy atom. The van der Waals surface area contributed by atoms with E-state index in [4.69, 9.17) is 9.52 Å². The predicted molar refractivity (Wildman–Crippen MR) is 65.3 cm³/mol. The molecule has 1 rings (SSSR count). The zero-order chi connectivity index (χ0) is 15.9. The molecule has 0 aliphatic rings. The third-order valence-corrected chi connectivity index (χ3v) is 2.48. The minimum Gasteiger partial charge on any atom is -0.459 e. The van der Waals surface area contributed by atoms with Gasteiger partial charge >= 0.3 is 6.18 Å². The van der Waals surface area contributed by atoms with Gasteiger partial charge in [0, 0.05) is 13.0 Å². The lowest BCUT2D eigenvalue weighted by Crippen LogP contribution is -2.40. The first-order valence-corrected chi connectivity index (χ1v) is 6.14. The number of hydrogen-bond donors (Lipinski definition) is 3. The van der Waals surface area contributed by atoms with E-state index in [9.17, 15) is 22.8 Å². The average molecular weight is 308 g/mol. The molecule has 0 spiro atoms. The third kappa shape index (κ3) is 6.30. The Hall–Kier alpha value is -2.03. The van der Waals surface area contributed by atoms with Crippen molar-refractivity contribution in [2.45, 2.75) is 25.1 Å². The SMILES string of the molecule is O=C(CCCNC(=O)c1ccco1)NCC(O)C(F)(F)F. The summed E-state index contributed by atoms with van der Waals surface area (Å²) in [5.41, 5.74) is 0. The van der Waals surface area contributed by atoms with E-state index in [1.165, 1.54) is 12.3 Å². The summed E-state index contributed by atoms with van der Waals surface area (Å²) in [5, 5.41) is 13.1. The quantitative estimate of drug-likeness (QED) is 0.651. The highest BCUT2D eigenvalue weighted by molar-refractivity contribution is 5.91. The Morgan fingerprint density at radius 3 is 2.62 bits per heavy atom. The molecule has 1 unspecified atom stereocenters. The minimum atomic E-state index is -4.76. The number of aliphatic hydroxyl groups excluding tert-OH is 1. The van der Waals surface area contributed by atoms with Crippen molar-refractivity contribution in [1.82, 2.24) is 10.6 Å². The molecule has 0 saturated heterocycles. The number of nitrogens with one attached hydrogen (secondary N) is 2. The number of furan rings is 1. The molecule has 1 aromatic heterocycles. The predicted octanol–water partition coefficient (Wildman–Crippen LogP) is 0.829. The number of rotatable bonds is 7. The van der Waals surface area contributed by atoms with Crippen molar-refractivity contribution in [2.75, 3.05) is 13.1 Å². The van der Waals surface area contributed by atoms with Crippen molar-refractivity contribution in [3.8, 4) is 0 Å². The lowest BCUT2D eigenvalue weighted by atomic mass is 10.2. The smallest absolute Gasteiger partial charge is 0.416 e. The van der Waals surface area contributed by atoms with Crippen LogP contribution in [0.5, 0.6) is 0 Å². The highest BCUT2D eigenvalue weighted by atomic mass is 19.4. The van der Waals surface area contributed by atoms with Gasteiger partial charge in [0.15, 0.2) is 11.9 Å². The fraction of sp³-hybridized carbons (Fsp3) is 0.500. The molecule has 0 aliphatic heterocycles. The van der Waals surface area contributed by atoms with Crippen LogP contribution in [-0.2, 0) is 4.79 Å². The lowest BCUT2D eigenvalue weighted by molar-refractivity contribution is -0.201. The van der Waals surface area contributed by atoms with Gasteiger partial charge in [-0.1, -0.05) is 0 Å². The van der Waals surface area contributed by atoms with Crippen LogP contribution in [0.1, 0.15) is 23.4 Å². The average Bonchev–Trinajstić information content (AvgIpc) is 2.93. The number of alkyl halides is 3. The second kappa shape index (κ2) is 7.67. The van der Waals surface area contributed by atoms with Crippen LogP contribution in [0.2, 0.25) is 0 Å². The van der Waals surface area contributed by atoms with Crippen molar-refractivity contribution in [1.29, 1.82) is 0 Å². The molecule has 9 heteroatoms. The van der Waals surface area contributed by atoms with Crippen LogP contribution in [0.15, 0.2) is 22.8 Å². The molecule has 118 valence electrons. The molecule has 1 aromatic rings. The summed E-state index contributed by atoms with van der Waals surface area (Å²) in [6.45, 7) is -0.712. The Morgan fingerprint density at radius 1 is 1.33 bits per heavy atom. The number of hydrogen-bond acceptors (Lipinski definition) is 4. The lowest BCUT2D eigenvalue weighted by Gasteiger charge is -2.14. The van der Waals surface area contributed by atoms with Gasteiger partial charge in [-0.2, -0.15) is 13.2 Å². The largest absolute Gasteiger partial charge is 0.459 e. The molecule has 6 nitrogen and oxygen atoms in total. The van der Waals surface area contributed by atoms with Crippen molar-refractivity contribution < 1.29 is 32.3 Å². The van der Waals surface area contributed by atoms with Crippen molar-refractivity contribution in [2.24, 2.45) is 0 Å². The fourth-order valence-corrected chi connectivity index (χ4v) is 1.36. The zero-order valence-electron chi connectivity index (χ0n) is 10.9. The van der Waals surface area contributed by atoms with E-state index < -0.39 is 30.6 Å². The van der Waals surface area contributed by atoms with Crippen LogP contribution >= 0.6 is 0 Å². The standard InChI is InChI=1S/C12H15F3N2O4/c13-12(14,15)9(18)7-17-10(19)4-1-5-16-11(20)8-3-2-6-21-8/h2-3,6,9,18H,1,4-5,7H2,(H,16,20)(H,17,19). The maximum atomic E-state index is 12.0. The summed E-state index contributed by atoms with van der Waals surface area (Å²) in [6, 6.07) is 3.02. The van der Waals surface area contributed by atoms with Crippen LogP contribution in [-0.4, -0.2) is 42.3 Å². The minimum absolute atomic E-state index is 0.0665. The fourth-order valence-electron chi connectivity index (χ4n) is 1.36. The van der Waals surface area contributed by atoms with Gasteiger partial charge in [-0.3, -0.25) is 9.59 Å². The van der Waals surface area contributed by atoms with Gasteiger partial charge in [-0.05, 0) is 18.6 Å². The Balaban J connectivity index is 2.12. The molecule has 0 radical (unpaired) electrons. The van der Waals surface area contributed by atoms with Gasteiger partial charge in [-0.15, -0.1) is 0 Å². The topological polar surface area (TPSA) is 91.6 Å². The molecule has 0 fully saturated rings. The molecule has 2 amide bonds. The number of amides is 2. The van der Waals surface area contributed by atoms with E-state index in [-0.39, 0.29) is 25.1 Å². The molecule has 0 aromatic carbocycles. The first-order chi connectivity index (χ1) is 9.80. The first-order valence-electron chi connectivity index (χ1n) is 6.14. The molecular formula is C12H15F3N2O4. The van der Waals surface area contributed by atoms with E-state index in [1.54, 1.807) is 6.07 Å². The summed E-state index contributed by atoms with van der Waals surface area (Å²) in [4.78, 5) is 22.6. The van der Waals surface area contributed by atoms with Gasteiger partial charge in [0.1, 0.15) is 0 Å². The zero-order valence-corrected chi connectivity index (χ0v) is 10.9. The van der Waals surface area contributed by atoms with Crippen LogP contribution < -0.4 is 10.6 Å². The summed E-state index contributed by atoms with van der Waals surface area (Å²) < 4.78 is 40.8. The normalized spacial score (nSPS) is 12.8. The number of carbonyl (C=O) groups excluding carboxylic acids is 2. The van der Waals surface area contributed by atoms with E-state index in [2.05, 4.69) is 5.32 Å². The monoisotopic (exact) mass is 308 g/mol. The van der Waals surface area contributed by atoms with Gasteiger partial charge < -0.3 is 20.2 Å². The maximum absolute atomic E-state index is 12.0. The molecule has 0 aliphatic carbocycles. The van der Waals surface area contributed by atoms with Crippen LogP contribution in [0.4, 0.5) is 13.2 Å². The maximum Gasteiger partial charge on any atom is 0.416 e. The first kappa shape index (κ1) is 17.0. The second-order valence-corrected chi connectivity index (χ2v) is 4.20. The van der Waals surface area contributed by atoms with Gasteiger partial charge in [0.05, 0.1) is 12.8 Å². The Labute approximate surface area is 118 Å². The van der Waals surface area contributed by atoms with Gasteiger partial charge in [0.25, 0.3) is 5.91 Å². The van der Waals surface area contributed by atoms with Crippen LogP contribution in [0.25, 0.3) is 0 Å². The highest BCUT2D eigenvalue weighted by Crippen LogP contribution is 2.19. The number of halogens is 3. The molecular weight excluding hydrogens is 293 g/mol. The third-order valence-electron chi connectivity index (χ3n) is 2.48. The van der Waals surface area contributed by atoms with Crippen molar-refractivity contribution >= 4 is 11.8 Å². The Kier molecular flexibility index (Phi) is 6.22. The van der Waals surface area contributed by atoms with Gasteiger partial charge in [-0.25, -0.2) is 0 Å². The molecule has 1 atom stereocenters. The molecule has 1 heterocycles. The number of carbonyl (C=O) groups is 2. The summed E-state index contributed by atoms with van der Waals surface area (Å²) in [7, 11) is 0. The Bertz CT molecular complexity index is 460. The van der Waals surface area contributed by atoms with Crippen LogP contribution in [0.3, 0.4) is 0 Å². The highest BCUT2D eigenvalue weighted by Gasteiger charge is 2.38.